The fourth-order valence-corrected chi connectivity index (χ4v) is 2.21. The Morgan fingerprint density at radius 3 is 2.67 bits per heavy atom. The summed E-state index contributed by atoms with van der Waals surface area (Å²) in [5.41, 5.74) is 2.94. The zero-order valence-electron chi connectivity index (χ0n) is 12.8. The van der Waals surface area contributed by atoms with Crippen molar-refractivity contribution in [1.82, 2.24) is 0 Å². The van der Waals surface area contributed by atoms with Crippen LogP contribution < -0.4 is 10.6 Å². The number of carbonyl (C=O) groups excluding carboxylic acids is 1. The van der Waals surface area contributed by atoms with Crippen molar-refractivity contribution in [3.63, 3.8) is 0 Å². The van der Waals surface area contributed by atoms with Crippen molar-refractivity contribution < 1.29 is 9.21 Å². The normalized spacial score (nSPS) is 12.0. The third-order valence-corrected chi connectivity index (χ3v) is 3.42. The Kier molecular flexibility index (Phi) is 5.04. The number of furan rings is 1. The fraction of sp³-hybridized carbons (Fsp3) is 0.353. The van der Waals surface area contributed by atoms with E-state index in [0.29, 0.717) is 6.42 Å². The van der Waals surface area contributed by atoms with Gasteiger partial charge in [0.1, 0.15) is 5.76 Å². The molecule has 0 saturated heterocycles. The summed E-state index contributed by atoms with van der Waals surface area (Å²) in [7, 11) is 0. The molecule has 2 aromatic rings. The second kappa shape index (κ2) is 6.97. The molecule has 0 radical (unpaired) electrons. The zero-order chi connectivity index (χ0) is 15.2. The largest absolute Gasteiger partial charge is 0.469 e. The minimum Gasteiger partial charge on any atom is -0.469 e. The maximum atomic E-state index is 11.5. The summed E-state index contributed by atoms with van der Waals surface area (Å²) in [5.74, 6) is 0.988. The van der Waals surface area contributed by atoms with Gasteiger partial charge in [0.15, 0.2) is 0 Å². The van der Waals surface area contributed by atoms with Crippen LogP contribution in [0.4, 0.5) is 11.4 Å². The summed E-state index contributed by atoms with van der Waals surface area (Å²) in [6.07, 6.45) is 2.98. The van der Waals surface area contributed by atoms with Crippen molar-refractivity contribution in [3.8, 4) is 0 Å². The SMILES string of the molecule is CCC(=O)Nc1cccc(NC(C)Cc2ccco2)c1C. The van der Waals surface area contributed by atoms with Crippen LogP contribution in [0.1, 0.15) is 31.6 Å². The molecule has 4 nitrogen and oxygen atoms in total. The van der Waals surface area contributed by atoms with E-state index in [1.165, 1.54) is 0 Å². The van der Waals surface area contributed by atoms with Gasteiger partial charge in [-0.25, -0.2) is 0 Å². The van der Waals surface area contributed by atoms with Gasteiger partial charge in [0.2, 0.25) is 5.91 Å². The number of benzene rings is 1. The summed E-state index contributed by atoms with van der Waals surface area (Å²) in [6.45, 7) is 5.96. The van der Waals surface area contributed by atoms with E-state index in [9.17, 15) is 4.79 Å². The molecule has 1 aromatic carbocycles. The minimum absolute atomic E-state index is 0.0267. The maximum Gasteiger partial charge on any atom is 0.224 e. The Bertz CT molecular complexity index is 591. The quantitative estimate of drug-likeness (QED) is 0.844. The molecule has 0 aliphatic rings. The first-order chi connectivity index (χ1) is 10.1. The third kappa shape index (κ3) is 4.12. The lowest BCUT2D eigenvalue weighted by molar-refractivity contribution is -0.115. The highest BCUT2D eigenvalue weighted by Gasteiger charge is 2.10. The molecule has 0 spiro atoms. The fourth-order valence-electron chi connectivity index (χ4n) is 2.21. The molecular formula is C17H22N2O2. The number of anilines is 2. The molecule has 4 heteroatoms. The Labute approximate surface area is 125 Å². The number of hydrogen-bond donors (Lipinski definition) is 2. The van der Waals surface area contributed by atoms with E-state index in [1.807, 2.05) is 44.2 Å². The van der Waals surface area contributed by atoms with Crippen molar-refractivity contribution in [3.05, 3.63) is 47.9 Å². The predicted octanol–water partition coefficient (Wildman–Crippen LogP) is 3.98. The van der Waals surface area contributed by atoms with Crippen LogP contribution in [-0.2, 0) is 11.2 Å². The highest BCUT2D eigenvalue weighted by molar-refractivity contribution is 5.92. The van der Waals surface area contributed by atoms with Crippen molar-refractivity contribution >= 4 is 17.3 Å². The van der Waals surface area contributed by atoms with Crippen molar-refractivity contribution in [2.45, 2.75) is 39.7 Å². The minimum atomic E-state index is 0.0267. The lowest BCUT2D eigenvalue weighted by atomic mass is 10.1. The molecule has 2 N–H and O–H groups in total. The van der Waals surface area contributed by atoms with Crippen LogP contribution in [0.3, 0.4) is 0 Å². The third-order valence-electron chi connectivity index (χ3n) is 3.42. The van der Waals surface area contributed by atoms with Gasteiger partial charge in [0.25, 0.3) is 0 Å². The molecule has 0 aliphatic carbocycles. The molecule has 0 saturated carbocycles. The molecule has 2 rings (SSSR count). The number of amides is 1. The predicted molar refractivity (Wildman–Crippen MR) is 85.6 cm³/mol. The zero-order valence-corrected chi connectivity index (χ0v) is 12.8. The van der Waals surface area contributed by atoms with Crippen LogP contribution in [0.2, 0.25) is 0 Å². The average Bonchev–Trinajstić information content (AvgIpc) is 2.95. The first-order valence-electron chi connectivity index (χ1n) is 7.28. The van der Waals surface area contributed by atoms with Crippen LogP contribution >= 0.6 is 0 Å². The van der Waals surface area contributed by atoms with Gasteiger partial charge < -0.3 is 15.1 Å². The van der Waals surface area contributed by atoms with E-state index >= 15 is 0 Å². The van der Waals surface area contributed by atoms with E-state index < -0.39 is 0 Å². The van der Waals surface area contributed by atoms with E-state index in [2.05, 4.69) is 17.6 Å². The maximum absolute atomic E-state index is 11.5. The van der Waals surface area contributed by atoms with E-state index in [-0.39, 0.29) is 11.9 Å². The Balaban J connectivity index is 2.05. The lowest BCUT2D eigenvalue weighted by Gasteiger charge is -2.18. The summed E-state index contributed by atoms with van der Waals surface area (Å²) < 4.78 is 5.37. The monoisotopic (exact) mass is 286 g/mol. The molecule has 112 valence electrons. The van der Waals surface area contributed by atoms with Crippen LogP contribution in [0.5, 0.6) is 0 Å². The Morgan fingerprint density at radius 1 is 1.24 bits per heavy atom. The van der Waals surface area contributed by atoms with Crippen LogP contribution in [0, 0.1) is 6.92 Å². The van der Waals surface area contributed by atoms with E-state index in [0.717, 1.165) is 29.1 Å². The molecule has 1 unspecified atom stereocenters. The molecule has 0 bridgehead atoms. The summed E-state index contributed by atoms with van der Waals surface area (Å²) >= 11 is 0. The summed E-state index contributed by atoms with van der Waals surface area (Å²) in [5, 5.41) is 6.39. The van der Waals surface area contributed by atoms with Crippen molar-refractivity contribution in [1.29, 1.82) is 0 Å². The van der Waals surface area contributed by atoms with Gasteiger partial charge in [-0.05, 0) is 43.7 Å². The highest BCUT2D eigenvalue weighted by atomic mass is 16.3. The van der Waals surface area contributed by atoms with Crippen LogP contribution in [-0.4, -0.2) is 11.9 Å². The number of nitrogens with one attached hydrogen (secondary N) is 2. The van der Waals surface area contributed by atoms with Gasteiger partial charge in [0.05, 0.1) is 6.26 Å². The topological polar surface area (TPSA) is 54.3 Å². The van der Waals surface area contributed by atoms with Crippen molar-refractivity contribution in [2.24, 2.45) is 0 Å². The van der Waals surface area contributed by atoms with Gasteiger partial charge in [0, 0.05) is 30.3 Å². The second-order valence-electron chi connectivity index (χ2n) is 5.21. The number of carbonyl (C=O) groups is 1. The van der Waals surface area contributed by atoms with Gasteiger partial charge in [-0.2, -0.15) is 0 Å². The average molecular weight is 286 g/mol. The Morgan fingerprint density at radius 2 is 2.00 bits per heavy atom. The number of rotatable bonds is 6. The molecule has 1 amide bonds. The van der Waals surface area contributed by atoms with Crippen molar-refractivity contribution in [2.75, 3.05) is 10.6 Å². The number of hydrogen-bond acceptors (Lipinski definition) is 3. The molecule has 21 heavy (non-hydrogen) atoms. The van der Waals surface area contributed by atoms with Crippen LogP contribution in [0.15, 0.2) is 41.0 Å². The molecule has 1 heterocycles. The molecule has 0 aliphatic heterocycles. The van der Waals surface area contributed by atoms with E-state index in [4.69, 9.17) is 4.42 Å². The lowest BCUT2D eigenvalue weighted by Crippen LogP contribution is -2.19. The first-order valence-corrected chi connectivity index (χ1v) is 7.28. The van der Waals surface area contributed by atoms with Gasteiger partial charge in [-0.3, -0.25) is 4.79 Å². The molecule has 1 atom stereocenters. The van der Waals surface area contributed by atoms with E-state index in [1.54, 1.807) is 6.26 Å². The highest BCUT2D eigenvalue weighted by Crippen LogP contribution is 2.24. The molecule has 1 aromatic heterocycles. The molecule has 0 fully saturated rings. The van der Waals surface area contributed by atoms with Gasteiger partial charge >= 0.3 is 0 Å². The molecular weight excluding hydrogens is 264 g/mol. The smallest absolute Gasteiger partial charge is 0.224 e. The second-order valence-corrected chi connectivity index (χ2v) is 5.21. The van der Waals surface area contributed by atoms with Gasteiger partial charge in [-0.15, -0.1) is 0 Å². The van der Waals surface area contributed by atoms with Crippen LogP contribution in [0.25, 0.3) is 0 Å². The first kappa shape index (κ1) is 15.2. The summed E-state index contributed by atoms with van der Waals surface area (Å²) in [4.78, 5) is 11.5. The summed E-state index contributed by atoms with van der Waals surface area (Å²) in [6, 6.07) is 10.0. The van der Waals surface area contributed by atoms with Gasteiger partial charge in [-0.1, -0.05) is 13.0 Å². The standard InChI is InChI=1S/C17H22N2O2/c1-4-17(20)19-16-9-5-8-15(13(16)3)18-12(2)11-14-7-6-10-21-14/h5-10,12,18H,4,11H2,1-3H3,(H,19,20). The Hall–Kier alpha value is -2.23.